The van der Waals surface area contributed by atoms with Crippen molar-refractivity contribution in [1.29, 1.82) is 0 Å². The van der Waals surface area contributed by atoms with Crippen molar-refractivity contribution in [3.63, 3.8) is 0 Å². The van der Waals surface area contributed by atoms with Gasteiger partial charge in [-0.3, -0.25) is 29.0 Å². The number of rotatable bonds is 19. The molecular weight excluding hydrogens is 811 g/mol. The van der Waals surface area contributed by atoms with Crippen molar-refractivity contribution in [2.24, 2.45) is 0 Å². The van der Waals surface area contributed by atoms with Crippen LogP contribution in [0.1, 0.15) is 87.7 Å². The Hall–Kier alpha value is -6.30. The van der Waals surface area contributed by atoms with E-state index in [4.69, 9.17) is 0 Å². The summed E-state index contributed by atoms with van der Waals surface area (Å²) >= 11 is 0. The van der Waals surface area contributed by atoms with Gasteiger partial charge in [-0.05, 0) is 111 Å². The fraction of sp³-hybridized carbons (Fsp3) is 0.370. The predicted octanol–water partition coefficient (Wildman–Crippen LogP) is 8.92. The smallest absolute Gasteiger partial charge is 0.247 e. The van der Waals surface area contributed by atoms with Crippen LogP contribution >= 0.6 is 0 Å². The van der Waals surface area contributed by atoms with Crippen molar-refractivity contribution >= 4 is 40.7 Å². The molecule has 2 heterocycles. The van der Waals surface area contributed by atoms with Gasteiger partial charge in [0, 0.05) is 43.2 Å². The minimum Gasteiger partial charge on any atom is -0.363 e. The Labute approximate surface area is 385 Å². The van der Waals surface area contributed by atoms with E-state index < -0.39 is 24.2 Å². The third-order valence-electron chi connectivity index (χ3n) is 13.0. The quantitative estimate of drug-likeness (QED) is 0.0854. The summed E-state index contributed by atoms with van der Waals surface area (Å²) in [5.74, 6) is -0.385. The van der Waals surface area contributed by atoms with Crippen molar-refractivity contribution in [1.82, 2.24) is 19.6 Å². The van der Waals surface area contributed by atoms with Crippen molar-refractivity contribution in [3.05, 3.63) is 162 Å². The number of para-hydroxylation sites is 1. The fourth-order valence-electron chi connectivity index (χ4n) is 9.54. The number of benzene rings is 5. The molecule has 0 radical (unpaired) electrons. The number of amides is 4. The molecule has 2 fully saturated rings. The highest BCUT2D eigenvalue weighted by Crippen LogP contribution is 2.31. The van der Waals surface area contributed by atoms with Gasteiger partial charge in [0.2, 0.25) is 23.6 Å². The lowest BCUT2D eigenvalue weighted by molar-refractivity contribution is -0.141. The third-order valence-corrected chi connectivity index (χ3v) is 13.0. The highest BCUT2D eigenvalue weighted by atomic mass is 16.2. The molecule has 4 amide bonds. The maximum atomic E-state index is 14.2. The molecule has 2 saturated heterocycles. The molecule has 0 saturated carbocycles. The zero-order chi connectivity index (χ0) is 45.7. The minimum atomic E-state index is -0.533. The van der Waals surface area contributed by atoms with Crippen LogP contribution in [0.4, 0.5) is 17.1 Å². The molecule has 0 aliphatic carbocycles. The number of hydrogen-bond acceptors (Lipinski definition) is 7. The molecule has 5 aromatic rings. The average molecular weight is 876 g/mol. The predicted molar refractivity (Wildman–Crippen MR) is 260 cm³/mol. The molecular formula is C54H65N7O4. The highest BCUT2D eigenvalue weighted by Gasteiger charge is 2.41. The van der Waals surface area contributed by atoms with Gasteiger partial charge in [0.25, 0.3) is 0 Å². The summed E-state index contributed by atoms with van der Waals surface area (Å²) in [7, 11) is 0. The van der Waals surface area contributed by atoms with Crippen molar-refractivity contribution < 1.29 is 19.2 Å². The van der Waals surface area contributed by atoms with E-state index in [2.05, 4.69) is 65.2 Å². The SMILES string of the molecule is CCN(CC)C(C(=O)N1CCCC1C(=O)Nc1ccc(CN(Cc2ccc(NC(=O)C3CCCN3C(=O)C(c3ccccc3)N(CC)CC)cc2)c2ccccc2)cc1)c1ccccc1. The van der Waals surface area contributed by atoms with Crippen LogP contribution in [0.25, 0.3) is 0 Å². The number of likely N-dealkylation sites (N-methyl/N-ethyl adjacent to an activating group) is 2. The first-order valence-electron chi connectivity index (χ1n) is 23.5. The molecule has 4 unspecified atom stereocenters. The van der Waals surface area contributed by atoms with Crippen LogP contribution in [-0.2, 0) is 32.3 Å². The minimum absolute atomic E-state index is 0.0271. The second kappa shape index (κ2) is 22.5. The van der Waals surface area contributed by atoms with Crippen molar-refractivity contribution in [2.75, 3.05) is 54.8 Å². The van der Waals surface area contributed by atoms with Crippen LogP contribution in [0.3, 0.4) is 0 Å². The molecule has 11 heteroatoms. The van der Waals surface area contributed by atoms with E-state index in [1.807, 2.05) is 127 Å². The molecule has 4 atom stereocenters. The van der Waals surface area contributed by atoms with E-state index in [0.717, 1.165) is 67.0 Å². The Morgan fingerprint density at radius 2 is 0.862 bits per heavy atom. The summed E-state index contributed by atoms with van der Waals surface area (Å²) in [5, 5.41) is 6.22. The third kappa shape index (κ3) is 11.3. The lowest BCUT2D eigenvalue weighted by Gasteiger charge is -2.34. The van der Waals surface area contributed by atoms with E-state index >= 15 is 0 Å². The Bertz CT molecular complexity index is 2160. The standard InChI is InChI=1S/C54H65N7O4/c1-5-57(6-2)49(42-20-12-9-13-21-42)53(64)60-36-18-26-47(60)51(62)55-44-32-28-40(29-33-44)38-59(46-24-16-11-17-25-46)39-41-30-34-45(35-31-41)56-52(63)48-27-19-37-61(48)54(65)50(58(7-3)8-4)43-22-14-10-15-23-43/h9-17,20-25,28-35,47-50H,5-8,18-19,26-27,36-39H2,1-4H3,(H,55,62)(H,56,63). The summed E-state index contributed by atoms with van der Waals surface area (Å²) in [6, 6.07) is 43.9. The molecule has 0 spiro atoms. The van der Waals surface area contributed by atoms with Crippen molar-refractivity contribution in [2.45, 2.75) is 90.6 Å². The van der Waals surface area contributed by atoms with Gasteiger partial charge in [0.15, 0.2) is 0 Å². The number of carbonyl (C=O) groups is 4. The number of carbonyl (C=O) groups excluding carboxylic acids is 4. The topological polar surface area (TPSA) is 109 Å². The molecule has 2 N–H and O–H groups in total. The first kappa shape index (κ1) is 46.7. The molecule has 0 aromatic heterocycles. The largest absolute Gasteiger partial charge is 0.363 e. The van der Waals surface area contributed by atoms with E-state index in [1.54, 1.807) is 9.80 Å². The van der Waals surface area contributed by atoms with Gasteiger partial charge in [0.1, 0.15) is 24.2 Å². The number of nitrogens with one attached hydrogen (secondary N) is 2. The van der Waals surface area contributed by atoms with Gasteiger partial charge in [-0.15, -0.1) is 0 Å². The summed E-state index contributed by atoms with van der Waals surface area (Å²) in [6.07, 6.45) is 2.82. The number of hydrogen-bond donors (Lipinski definition) is 2. The maximum Gasteiger partial charge on any atom is 0.247 e. The van der Waals surface area contributed by atoms with Gasteiger partial charge in [0.05, 0.1) is 0 Å². The summed E-state index contributed by atoms with van der Waals surface area (Å²) < 4.78 is 0. The Morgan fingerprint density at radius 3 is 1.22 bits per heavy atom. The summed E-state index contributed by atoms with van der Waals surface area (Å²) in [6.45, 7) is 13.5. The van der Waals surface area contributed by atoms with Crippen LogP contribution in [0.2, 0.25) is 0 Å². The molecule has 11 nitrogen and oxygen atoms in total. The first-order valence-corrected chi connectivity index (χ1v) is 23.5. The zero-order valence-electron chi connectivity index (χ0n) is 38.4. The Balaban J connectivity index is 0.979. The van der Waals surface area contributed by atoms with Crippen LogP contribution in [-0.4, -0.2) is 94.6 Å². The van der Waals surface area contributed by atoms with Crippen LogP contribution in [0.5, 0.6) is 0 Å². The molecule has 2 aliphatic heterocycles. The molecule has 0 bridgehead atoms. The maximum absolute atomic E-state index is 14.2. The molecule has 340 valence electrons. The van der Waals surface area contributed by atoms with Crippen LogP contribution in [0, 0.1) is 0 Å². The highest BCUT2D eigenvalue weighted by molar-refractivity contribution is 5.99. The van der Waals surface area contributed by atoms with Gasteiger partial charge < -0.3 is 25.3 Å². The van der Waals surface area contributed by atoms with Gasteiger partial charge in [-0.2, -0.15) is 0 Å². The van der Waals surface area contributed by atoms with Crippen LogP contribution in [0.15, 0.2) is 140 Å². The molecule has 7 rings (SSSR count). The molecule has 2 aliphatic rings. The average Bonchev–Trinajstić information content (AvgIpc) is 4.06. The van der Waals surface area contributed by atoms with Crippen LogP contribution < -0.4 is 15.5 Å². The first-order chi connectivity index (χ1) is 31.7. The second-order valence-electron chi connectivity index (χ2n) is 17.0. The summed E-state index contributed by atoms with van der Waals surface area (Å²) in [4.78, 5) is 66.1. The van der Waals surface area contributed by atoms with E-state index in [0.29, 0.717) is 50.4 Å². The number of likely N-dealkylation sites (tertiary alicyclic amines) is 2. The molecule has 5 aromatic carbocycles. The van der Waals surface area contributed by atoms with Crippen molar-refractivity contribution in [3.8, 4) is 0 Å². The van der Waals surface area contributed by atoms with Gasteiger partial charge in [-0.1, -0.05) is 131 Å². The fourth-order valence-corrected chi connectivity index (χ4v) is 9.54. The zero-order valence-corrected chi connectivity index (χ0v) is 38.4. The number of nitrogens with zero attached hydrogens (tertiary/aromatic N) is 5. The lowest BCUT2D eigenvalue weighted by atomic mass is 10.0. The number of anilines is 3. The Kier molecular flexibility index (Phi) is 16.2. The second-order valence-corrected chi connectivity index (χ2v) is 17.0. The van der Waals surface area contributed by atoms with Gasteiger partial charge >= 0.3 is 0 Å². The Morgan fingerprint density at radius 1 is 0.508 bits per heavy atom. The normalized spacial score (nSPS) is 17.0. The van der Waals surface area contributed by atoms with E-state index in [1.165, 1.54) is 0 Å². The van der Waals surface area contributed by atoms with E-state index in [9.17, 15) is 19.2 Å². The van der Waals surface area contributed by atoms with Gasteiger partial charge in [-0.25, -0.2) is 0 Å². The van der Waals surface area contributed by atoms with E-state index in [-0.39, 0.29) is 23.6 Å². The molecule has 65 heavy (non-hydrogen) atoms. The lowest BCUT2D eigenvalue weighted by Crippen LogP contribution is -2.48. The monoisotopic (exact) mass is 876 g/mol. The summed E-state index contributed by atoms with van der Waals surface area (Å²) in [5.41, 5.74) is 6.48.